The van der Waals surface area contributed by atoms with Gasteiger partial charge in [0, 0.05) is 23.7 Å². The number of carboxylic acids is 1. The van der Waals surface area contributed by atoms with Crippen LogP contribution in [0.25, 0.3) is 11.6 Å². The molecule has 0 saturated carbocycles. The second-order valence-corrected chi connectivity index (χ2v) is 5.08. The van der Waals surface area contributed by atoms with Crippen molar-refractivity contribution in [1.29, 1.82) is 5.26 Å². The van der Waals surface area contributed by atoms with E-state index >= 15 is 0 Å². The number of aromatic nitrogens is 1. The summed E-state index contributed by atoms with van der Waals surface area (Å²) in [5.74, 6) is -1.24. The van der Waals surface area contributed by atoms with Crippen LogP contribution in [0.5, 0.6) is 0 Å². The largest absolute Gasteiger partial charge is 0.477 e. The molecule has 24 heavy (non-hydrogen) atoms. The van der Waals surface area contributed by atoms with Crippen LogP contribution in [0.1, 0.15) is 16.8 Å². The summed E-state index contributed by atoms with van der Waals surface area (Å²) in [4.78, 5) is 18.5. The van der Waals surface area contributed by atoms with Gasteiger partial charge in [0.2, 0.25) is 0 Å². The summed E-state index contributed by atoms with van der Waals surface area (Å²) in [5.41, 5.74) is 4.05. The van der Waals surface area contributed by atoms with Crippen LogP contribution in [-0.2, 0) is 4.79 Å². The number of aliphatic carboxylic acids is 1. The zero-order valence-corrected chi connectivity index (χ0v) is 12.6. The Morgan fingerprint density at radius 2 is 2.04 bits per heavy atom. The monoisotopic (exact) mass is 315 g/mol. The van der Waals surface area contributed by atoms with Crippen LogP contribution in [0.3, 0.4) is 0 Å². The fourth-order valence-corrected chi connectivity index (χ4v) is 2.43. The van der Waals surface area contributed by atoms with Crippen LogP contribution in [0.15, 0.2) is 71.0 Å². The molecule has 0 unspecified atom stereocenters. The maximum atomic E-state index is 10.9. The summed E-state index contributed by atoms with van der Waals surface area (Å²) in [6.45, 7) is 0. The molecule has 0 aliphatic carbocycles. The minimum absolute atomic E-state index is 0.297. The fraction of sp³-hybridized carbons (Fsp3) is 0. The maximum Gasteiger partial charge on any atom is 0.346 e. The standard InChI is InChI=1S/C19H13N3O2/c20-12-15(19(23)24)11-13-5-7-14(8-6-13)18(16-3-1-9-21-16)17-4-2-10-22-17/h1-11,21H,(H,23,24)/b15-11-,18-17+. The van der Waals surface area contributed by atoms with Gasteiger partial charge in [-0.1, -0.05) is 24.3 Å². The lowest BCUT2D eigenvalue weighted by atomic mass is 9.99. The highest BCUT2D eigenvalue weighted by Gasteiger charge is 2.12. The molecule has 5 heteroatoms. The minimum Gasteiger partial charge on any atom is -0.477 e. The topological polar surface area (TPSA) is 89.2 Å². The van der Waals surface area contributed by atoms with Crippen molar-refractivity contribution in [2.75, 3.05) is 0 Å². The predicted molar refractivity (Wildman–Crippen MR) is 92.1 cm³/mol. The number of nitrogens with zero attached hydrogens (tertiary/aromatic N) is 2. The van der Waals surface area contributed by atoms with Crippen molar-refractivity contribution in [3.8, 4) is 6.07 Å². The van der Waals surface area contributed by atoms with E-state index in [0.717, 1.165) is 22.5 Å². The van der Waals surface area contributed by atoms with Gasteiger partial charge < -0.3 is 10.1 Å². The number of benzene rings is 1. The van der Waals surface area contributed by atoms with E-state index < -0.39 is 5.97 Å². The summed E-state index contributed by atoms with van der Waals surface area (Å²) >= 11 is 0. The Labute approximate surface area is 138 Å². The molecule has 0 bridgehead atoms. The van der Waals surface area contributed by atoms with E-state index in [0.29, 0.717) is 5.56 Å². The Morgan fingerprint density at radius 3 is 2.58 bits per heavy atom. The fourth-order valence-electron chi connectivity index (χ4n) is 2.43. The van der Waals surface area contributed by atoms with Crippen LogP contribution in [0.2, 0.25) is 0 Å². The second-order valence-electron chi connectivity index (χ2n) is 5.08. The molecule has 0 amide bonds. The number of H-pyrrole nitrogens is 1. The lowest BCUT2D eigenvalue weighted by Crippen LogP contribution is -1.97. The molecule has 0 atom stereocenters. The molecule has 5 nitrogen and oxygen atoms in total. The Balaban J connectivity index is 2.02. The van der Waals surface area contributed by atoms with Gasteiger partial charge in [-0.3, -0.25) is 4.99 Å². The third-order valence-corrected chi connectivity index (χ3v) is 3.54. The average molecular weight is 315 g/mol. The summed E-state index contributed by atoms with van der Waals surface area (Å²) < 4.78 is 0. The van der Waals surface area contributed by atoms with Crippen LogP contribution < -0.4 is 0 Å². The summed E-state index contributed by atoms with van der Waals surface area (Å²) in [5, 5.41) is 17.8. The summed E-state index contributed by atoms with van der Waals surface area (Å²) in [6, 6.07) is 12.9. The molecule has 1 aliphatic heterocycles. The molecule has 3 rings (SSSR count). The van der Waals surface area contributed by atoms with Gasteiger partial charge in [0.15, 0.2) is 0 Å². The van der Waals surface area contributed by atoms with Gasteiger partial charge in [0.25, 0.3) is 0 Å². The number of aromatic amines is 1. The molecule has 0 fully saturated rings. The molecule has 116 valence electrons. The highest BCUT2D eigenvalue weighted by molar-refractivity contribution is 5.96. The van der Waals surface area contributed by atoms with Crippen molar-refractivity contribution in [3.05, 3.63) is 82.8 Å². The molecule has 0 radical (unpaired) electrons. The van der Waals surface area contributed by atoms with Crippen molar-refractivity contribution in [2.24, 2.45) is 4.99 Å². The van der Waals surface area contributed by atoms with Crippen molar-refractivity contribution in [2.45, 2.75) is 0 Å². The van der Waals surface area contributed by atoms with Crippen molar-refractivity contribution < 1.29 is 9.90 Å². The molecule has 1 aromatic carbocycles. The number of nitrogens with one attached hydrogen (secondary N) is 1. The van der Waals surface area contributed by atoms with E-state index in [1.807, 2.05) is 42.6 Å². The van der Waals surface area contributed by atoms with Crippen LogP contribution in [0.4, 0.5) is 0 Å². The number of hydrogen-bond donors (Lipinski definition) is 2. The first kappa shape index (κ1) is 15.3. The van der Waals surface area contributed by atoms with Crippen molar-refractivity contribution >= 4 is 23.8 Å². The normalized spacial score (nSPS) is 15.4. The lowest BCUT2D eigenvalue weighted by Gasteiger charge is -2.09. The Bertz CT molecular complexity index is 908. The molecule has 2 N–H and O–H groups in total. The number of rotatable bonds is 4. The number of carbonyl (C=O) groups is 1. The van der Waals surface area contributed by atoms with E-state index in [1.54, 1.807) is 24.4 Å². The molecule has 1 aliphatic rings. The molecule has 0 saturated heterocycles. The molecule has 0 spiro atoms. The van der Waals surface area contributed by atoms with Crippen LogP contribution >= 0.6 is 0 Å². The maximum absolute atomic E-state index is 10.9. The van der Waals surface area contributed by atoms with Gasteiger partial charge >= 0.3 is 5.97 Å². The van der Waals surface area contributed by atoms with Gasteiger partial charge in [-0.15, -0.1) is 0 Å². The van der Waals surface area contributed by atoms with Gasteiger partial charge in [0.05, 0.1) is 5.70 Å². The number of nitriles is 1. The number of carboxylic acid groups (broad SMARTS) is 1. The highest BCUT2D eigenvalue weighted by Crippen LogP contribution is 2.29. The predicted octanol–water partition coefficient (Wildman–Crippen LogP) is 3.41. The zero-order valence-electron chi connectivity index (χ0n) is 12.6. The number of hydrogen-bond acceptors (Lipinski definition) is 3. The van der Waals surface area contributed by atoms with E-state index in [2.05, 4.69) is 9.98 Å². The minimum atomic E-state index is -1.24. The average Bonchev–Trinajstić information content (AvgIpc) is 3.28. The first-order valence-electron chi connectivity index (χ1n) is 7.23. The van der Waals surface area contributed by atoms with E-state index in [-0.39, 0.29) is 5.57 Å². The highest BCUT2D eigenvalue weighted by atomic mass is 16.4. The SMILES string of the molecule is N#C/C(=C/c1ccc(/C(=C2/C=CC=N2)c2ccc[nH]2)cc1)C(=O)O. The van der Waals surface area contributed by atoms with E-state index in [1.165, 1.54) is 6.08 Å². The van der Waals surface area contributed by atoms with E-state index in [4.69, 9.17) is 10.4 Å². The third kappa shape index (κ3) is 3.08. The smallest absolute Gasteiger partial charge is 0.346 e. The molecule has 1 aromatic heterocycles. The molecule has 2 aromatic rings. The van der Waals surface area contributed by atoms with Gasteiger partial charge in [0.1, 0.15) is 11.6 Å². The Morgan fingerprint density at radius 1 is 1.25 bits per heavy atom. The molecule has 2 heterocycles. The summed E-state index contributed by atoms with van der Waals surface area (Å²) in [7, 11) is 0. The van der Waals surface area contributed by atoms with Gasteiger partial charge in [-0.2, -0.15) is 5.26 Å². The zero-order chi connectivity index (χ0) is 16.9. The Hall–Kier alpha value is -3.65. The van der Waals surface area contributed by atoms with E-state index in [9.17, 15) is 4.79 Å². The van der Waals surface area contributed by atoms with Gasteiger partial charge in [-0.25, -0.2) is 4.79 Å². The Kier molecular flexibility index (Phi) is 4.21. The first-order chi connectivity index (χ1) is 11.7. The number of aliphatic imine (C=N–C) groups is 1. The van der Waals surface area contributed by atoms with Crippen LogP contribution in [0, 0.1) is 11.3 Å². The quantitative estimate of drug-likeness (QED) is 0.669. The summed E-state index contributed by atoms with van der Waals surface area (Å²) in [6.07, 6.45) is 8.74. The lowest BCUT2D eigenvalue weighted by molar-refractivity contribution is -0.132. The first-order valence-corrected chi connectivity index (χ1v) is 7.23. The molecular formula is C19H13N3O2. The van der Waals surface area contributed by atoms with Crippen molar-refractivity contribution in [1.82, 2.24) is 4.98 Å². The van der Waals surface area contributed by atoms with Crippen LogP contribution in [-0.4, -0.2) is 22.3 Å². The third-order valence-electron chi connectivity index (χ3n) is 3.54. The van der Waals surface area contributed by atoms with Gasteiger partial charge in [-0.05, 0) is 41.5 Å². The molecular weight excluding hydrogens is 302 g/mol. The number of allylic oxidation sites excluding steroid dienone is 2. The van der Waals surface area contributed by atoms with Crippen molar-refractivity contribution in [3.63, 3.8) is 0 Å². The second kappa shape index (κ2) is 6.63.